The minimum Gasteiger partial charge on any atom is -0.609 e. The summed E-state index contributed by atoms with van der Waals surface area (Å²) in [5.74, 6) is 0.294. The Labute approximate surface area is 155 Å². The highest BCUT2D eigenvalue weighted by molar-refractivity contribution is 7.90. The molecule has 26 heavy (non-hydrogen) atoms. The molecule has 2 heterocycles. The topological polar surface area (TPSA) is 79.0 Å². The molecule has 0 bridgehead atoms. The monoisotopic (exact) mass is 371 g/mol. The Bertz CT molecular complexity index is 961. The van der Waals surface area contributed by atoms with Crippen LogP contribution in [0.3, 0.4) is 0 Å². The van der Waals surface area contributed by atoms with Crippen LogP contribution in [-0.2, 0) is 24.3 Å². The second-order valence-corrected chi connectivity index (χ2v) is 7.54. The van der Waals surface area contributed by atoms with Crippen LogP contribution in [-0.4, -0.2) is 49.1 Å². The maximum Gasteiger partial charge on any atom is 0.329 e. The van der Waals surface area contributed by atoms with Gasteiger partial charge in [0.1, 0.15) is 11.8 Å². The minimum absolute atomic E-state index is 0.237. The first-order valence-electron chi connectivity index (χ1n) is 8.09. The van der Waals surface area contributed by atoms with E-state index in [1.807, 2.05) is 38.4 Å². The zero-order valence-corrected chi connectivity index (χ0v) is 15.9. The van der Waals surface area contributed by atoms with Crippen molar-refractivity contribution in [1.29, 1.82) is 0 Å². The highest BCUT2D eigenvalue weighted by Gasteiger charge is 2.24. The van der Waals surface area contributed by atoms with E-state index in [9.17, 15) is 9.35 Å². The quantitative estimate of drug-likeness (QED) is 0.373. The van der Waals surface area contributed by atoms with Gasteiger partial charge in [0.25, 0.3) is 5.56 Å². The van der Waals surface area contributed by atoms with E-state index in [-0.39, 0.29) is 5.56 Å². The summed E-state index contributed by atoms with van der Waals surface area (Å²) < 4.78 is 15.3. The maximum atomic E-state index is 12.5. The van der Waals surface area contributed by atoms with E-state index in [1.165, 1.54) is 4.68 Å². The van der Waals surface area contributed by atoms with Crippen LogP contribution >= 0.6 is 0 Å². The Morgan fingerprint density at radius 3 is 2.81 bits per heavy atom. The Morgan fingerprint density at radius 2 is 2.15 bits per heavy atom. The molecule has 0 amide bonds. The van der Waals surface area contributed by atoms with Crippen LogP contribution in [0, 0.1) is 0 Å². The smallest absolute Gasteiger partial charge is 0.329 e. The zero-order valence-electron chi connectivity index (χ0n) is 15.0. The molecule has 0 radical (unpaired) electrons. The van der Waals surface area contributed by atoms with E-state index in [4.69, 9.17) is 0 Å². The van der Waals surface area contributed by atoms with E-state index in [1.54, 1.807) is 23.1 Å². The van der Waals surface area contributed by atoms with Gasteiger partial charge in [0.05, 0.1) is 12.2 Å². The van der Waals surface area contributed by atoms with Crippen molar-refractivity contribution in [2.24, 2.45) is 0 Å². The normalized spacial score (nSPS) is 12.7. The predicted molar refractivity (Wildman–Crippen MR) is 102 cm³/mol. The van der Waals surface area contributed by atoms with Gasteiger partial charge in [-0.05, 0) is 31.8 Å². The molecule has 1 atom stereocenters. The highest BCUT2D eigenvalue weighted by atomic mass is 32.2. The second kappa shape index (κ2) is 7.45. The van der Waals surface area contributed by atoms with Gasteiger partial charge >= 0.3 is 5.16 Å². The largest absolute Gasteiger partial charge is 0.609 e. The van der Waals surface area contributed by atoms with Crippen molar-refractivity contribution in [3.05, 3.63) is 59.0 Å². The first kappa shape index (κ1) is 18.4. The number of fused-ring (bicyclic) bond motifs is 1. The van der Waals surface area contributed by atoms with E-state index >= 15 is 0 Å². The number of hydrogen-bond donors (Lipinski definition) is 0. The van der Waals surface area contributed by atoms with Crippen molar-refractivity contribution < 1.29 is 4.55 Å². The Morgan fingerprint density at radius 1 is 1.38 bits per heavy atom. The molecular weight excluding hydrogens is 350 g/mol. The minimum atomic E-state index is -1.35. The lowest BCUT2D eigenvalue weighted by Gasteiger charge is -2.15. The third-order valence-electron chi connectivity index (χ3n) is 3.83. The summed E-state index contributed by atoms with van der Waals surface area (Å²) in [6.07, 6.45) is 4.83. The summed E-state index contributed by atoms with van der Waals surface area (Å²) in [7, 11) is 4.00. The molecule has 0 saturated carbocycles. The molecule has 136 valence electrons. The van der Waals surface area contributed by atoms with Gasteiger partial charge in [-0.3, -0.25) is 9.36 Å². The highest BCUT2D eigenvalue weighted by Crippen LogP contribution is 2.22. The summed E-state index contributed by atoms with van der Waals surface area (Å²) in [6.45, 7) is 4.71. The number of benzene rings is 1. The molecule has 1 aromatic rings. The van der Waals surface area contributed by atoms with Gasteiger partial charge in [-0.15, -0.1) is 11.7 Å². The summed E-state index contributed by atoms with van der Waals surface area (Å²) in [5, 5.41) is 4.55. The molecule has 1 aromatic carbocycles. The van der Waals surface area contributed by atoms with Gasteiger partial charge in [0, 0.05) is 23.9 Å². The SMILES string of the molecule is C=CCn1nc2nc([S+](C)[O-])n(-c3cccc(CN(C)C)c3)cc-2c1=O. The van der Waals surface area contributed by atoms with Crippen LogP contribution in [0.2, 0.25) is 0 Å². The lowest BCUT2D eigenvalue weighted by Crippen LogP contribution is -2.18. The van der Waals surface area contributed by atoms with Crippen molar-refractivity contribution in [1.82, 2.24) is 24.2 Å². The number of rotatable bonds is 6. The molecular formula is C18H21N5O2S. The molecule has 0 N–H and O–H groups in total. The number of hydrogen-bond acceptors (Lipinski definition) is 5. The molecule has 3 rings (SSSR count). The molecule has 1 unspecified atom stereocenters. The van der Waals surface area contributed by atoms with Crippen LogP contribution in [0.5, 0.6) is 0 Å². The molecule has 2 aliphatic heterocycles. The molecule has 7 nitrogen and oxygen atoms in total. The van der Waals surface area contributed by atoms with Crippen molar-refractivity contribution in [3.8, 4) is 17.1 Å². The molecule has 8 heteroatoms. The number of allylic oxidation sites excluding steroid dienone is 1. The lowest BCUT2D eigenvalue weighted by atomic mass is 10.2. The summed E-state index contributed by atoms with van der Waals surface area (Å²) in [6, 6.07) is 7.87. The summed E-state index contributed by atoms with van der Waals surface area (Å²) in [4.78, 5) is 19.0. The fraction of sp³-hybridized carbons (Fsp3) is 0.278. The lowest BCUT2D eigenvalue weighted by molar-refractivity contribution is 0.402. The third kappa shape index (κ3) is 3.57. The second-order valence-electron chi connectivity index (χ2n) is 6.27. The first-order chi connectivity index (χ1) is 12.4. The average Bonchev–Trinajstić information content (AvgIpc) is 2.89. The van der Waals surface area contributed by atoms with Crippen molar-refractivity contribution in [3.63, 3.8) is 0 Å². The number of aromatic nitrogens is 4. The van der Waals surface area contributed by atoms with Crippen molar-refractivity contribution in [2.75, 3.05) is 20.4 Å². The van der Waals surface area contributed by atoms with Gasteiger partial charge in [-0.1, -0.05) is 18.2 Å². The van der Waals surface area contributed by atoms with Crippen molar-refractivity contribution in [2.45, 2.75) is 18.2 Å². The third-order valence-corrected chi connectivity index (χ3v) is 4.64. The fourth-order valence-electron chi connectivity index (χ4n) is 2.78. The Kier molecular flexibility index (Phi) is 5.26. The molecule has 0 aromatic heterocycles. The van der Waals surface area contributed by atoms with Gasteiger partial charge in [0.15, 0.2) is 5.82 Å². The fourth-order valence-corrected chi connectivity index (χ4v) is 3.43. The zero-order chi connectivity index (χ0) is 18.8. The van der Waals surface area contributed by atoms with Crippen LogP contribution in [0.1, 0.15) is 5.56 Å². The standard InChI is InChI=1S/C18H21N5O2S/c1-5-9-23-17(24)15-12-22(18(26(4)25)19-16(15)20-23)14-8-6-7-13(10-14)11-21(2)3/h5-8,10,12H,1,9,11H2,2-4H3. The van der Waals surface area contributed by atoms with E-state index in [2.05, 4.69) is 21.6 Å². The molecule has 0 spiro atoms. The van der Waals surface area contributed by atoms with Gasteiger partial charge in [0.2, 0.25) is 0 Å². The van der Waals surface area contributed by atoms with Crippen LogP contribution in [0.25, 0.3) is 17.1 Å². The van der Waals surface area contributed by atoms with E-state index < -0.39 is 11.2 Å². The predicted octanol–water partition coefficient (Wildman–Crippen LogP) is 1.52. The Hall–Kier alpha value is -2.42. The van der Waals surface area contributed by atoms with E-state index in [0.717, 1.165) is 17.8 Å². The van der Waals surface area contributed by atoms with Crippen LogP contribution < -0.4 is 5.56 Å². The maximum absolute atomic E-state index is 12.5. The summed E-state index contributed by atoms with van der Waals surface area (Å²) in [5.41, 5.74) is 2.07. The van der Waals surface area contributed by atoms with Crippen LogP contribution in [0.4, 0.5) is 0 Å². The van der Waals surface area contributed by atoms with E-state index in [0.29, 0.717) is 23.1 Å². The van der Waals surface area contributed by atoms with Gasteiger partial charge in [-0.25, -0.2) is 4.68 Å². The first-order valence-corrected chi connectivity index (χ1v) is 9.65. The van der Waals surface area contributed by atoms with Crippen LogP contribution in [0.15, 0.2) is 53.1 Å². The van der Waals surface area contributed by atoms with Crippen molar-refractivity contribution >= 4 is 11.2 Å². The number of nitrogens with zero attached hydrogens (tertiary/aromatic N) is 5. The molecule has 0 fully saturated rings. The molecule has 2 aliphatic rings. The average molecular weight is 371 g/mol. The Balaban J connectivity index is 2.20. The summed E-state index contributed by atoms with van der Waals surface area (Å²) >= 11 is -1.35. The molecule has 0 saturated heterocycles. The van der Waals surface area contributed by atoms with Gasteiger partial charge in [-0.2, -0.15) is 4.98 Å². The van der Waals surface area contributed by atoms with Gasteiger partial charge < -0.3 is 9.45 Å². The molecule has 0 aliphatic carbocycles.